The maximum atomic E-state index is 13.2. The lowest BCUT2D eigenvalue weighted by molar-refractivity contribution is -0.137. The Labute approximate surface area is 177 Å². The van der Waals surface area contributed by atoms with Gasteiger partial charge in [0, 0.05) is 23.8 Å². The number of hydrogen-bond donors (Lipinski definition) is 2. The fourth-order valence-electron chi connectivity index (χ4n) is 3.24. The van der Waals surface area contributed by atoms with Gasteiger partial charge in [-0.3, -0.25) is 9.89 Å². The fraction of sp³-hybridized carbons (Fsp3) is 0.0476. The van der Waals surface area contributed by atoms with Crippen molar-refractivity contribution >= 4 is 22.7 Å². The van der Waals surface area contributed by atoms with Crippen LogP contribution >= 0.6 is 0 Å². The number of nitrogens with one attached hydrogen (secondary N) is 2. The van der Waals surface area contributed by atoms with Crippen LogP contribution in [0.1, 0.15) is 15.9 Å². The van der Waals surface area contributed by atoms with Gasteiger partial charge in [-0.1, -0.05) is 18.2 Å². The van der Waals surface area contributed by atoms with Crippen LogP contribution < -0.4 is 5.32 Å². The van der Waals surface area contributed by atoms with E-state index in [4.69, 9.17) is 4.42 Å². The summed E-state index contributed by atoms with van der Waals surface area (Å²) in [6.45, 7) is 0. The monoisotopic (exact) mass is 438 g/mol. The molecule has 0 atom stereocenters. The summed E-state index contributed by atoms with van der Waals surface area (Å²) in [5.74, 6) is -0.489. The summed E-state index contributed by atoms with van der Waals surface area (Å²) >= 11 is 0. The summed E-state index contributed by atoms with van der Waals surface area (Å²) in [6.07, 6.45) is -0.759. The molecule has 0 aliphatic carbocycles. The number of anilines is 1. The molecule has 4 heterocycles. The SMILES string of the molecule is O=C(Nc1ccn(-c2ncccc2C(F)(F)F)n1)c1cn[nH]c1-c1cc2ccccc2o1. The van der Waals surface area contributed by atoms with E-state index >= 15 is 0 Å². The van der Waals surface area contributed by atoms with Crippen LogP contribution in [0, 0.1) is 0 Å². The van der Waals surface area contributed by atoms with Crippen molar-refractivity contribution in [2.75, 3.05) is 5.32 Å². The minimum absolute atomic E-state index is 0.0468. The second kappa shape index (κ2) is 7.38. The van der Waals surface area contributed by atoms with Gasteiger partial charge in [0.05, 0.1) is 11.8 Å². The highest BCUT2D eigenvalue weighted by molar-refractivity contribution is 6.07. The minimum atomic E-state index is -4.60. The van der Waals surface area contributed by atoms with Crippen LogP contribution in [0.15, 0.2) is 71.5 Å². The molecule has 0 aliphatic heterocycles. The number of hydrogen-bond acceptors (Lipinski definition) is 5. The maximum Gasteiger partial charge on any atom is 0.420 e. The number of pyridine rings is 1. The molecule has 1 aromatic carbocycles. The molecule has 11 heteroatoms. The van der Waals surface area contributed by atoms with E-state index in [9.17, 15) is 18.0 Å². The molecule has 0 bridgehead atoms. The van der Waals surface area contributed by atoms with Gasteiger partial charge in [-0.15, -0.1) is 5.10 Å². The van der Waals surface area contributed by atoms with E-state index in [0.29, 0.717) is 17.0 Å². The van der Waals surface area contributed by atoms with E-state index < -0.39 is 23.5 Å². The van der Waals surface area contributed by atoms with Gasteiger partial charge in [-0.2, -0.15) is 18.3 Å². The van der Waals surface area contributed by atoms with Crippen molar-refractivity contribution in [1.82, 2.24) is 25.0 Å². The smallest absolute Gasteiger partial charge is 0.420 e. The van der Waals surface area contributed by atoms with Crippen molar-refractivity contribution in [3.05, 3.63) is 78.2 Å². The molecule has 32 heavy (non-hydrogen) atoms. The van der Waals surface area contributed by atoms with Crippen molar-refractivity contribution in [3.63, 3.8) is 0 Å². The van der Waals surface area contributed by atoms with Gasteiger partial charge in [0.1, 0.15) is 16.8 Å². The highest BCUT2D eigenvalue weighted by atomic mass is 19.4. The minimum Gasteiger partial charge on any atom is -0.454 e. The Balaban J connectivity index is 1.41. The number of halogens is 3. The summed E-state index contributed by atoms with van der Waals surface area (Å²) < 4.78 is 46.5. The molecular formula is C21H13F3N6O2. The van der Waals surface area contributed by atoms with E-state index in [2.05, 4.69) is 25.6 Å². The third-order valence-corrected chi connectivity index (χ3v) is 4.70. The first-order valence-electron chi connectivity index (χ1n) is 9.32. The zero-order chi connectivity index (χ0) is 22.3. The van der Waals surface area contributed by atoms with Gasteiger partial charge in [0.15, 0.2) is 17.4 Å². The van der Waals surface area contributed by atoms with E-state index in [0.717, 1.165) is 16.1 Å². The number of rotatable bonds is 4. The molecule has 0 radical (unpaired) electrons. The highest BCUT2D eigenvalue weighted by Crippen LogP contribution is 2.33. The molecule has 0 unspecified atom stereocenters. The number of nitrogens with zero attached hydrogens (tertiary/aromatic N) is 4. The lowest BCUT2D eigenvalue weighted by Crippen LogP contribution is -2.14. The van der Waals surface area contributed by atoms with Crippen molar-refractivity contribution < 1.29 is 22.4 Å². The van der Waals surface area contributed by atoms with Crippen molar-refractivity contribution in [2.24, 2.45) is 0 Å². The number of furan rings is 1. The Morgan fingerprint density at radius 3 is 2.78 bits per heavy atom. The molecule has 4 aromatic heterocycles. The molecule has 2 N–H and O–H groups in total. The van der Waals surface area contributed by atoms with Gasteiger partial charge in [0.2, 0.25) is 0 Å². The van der Waals surface area contributed by atoms with Crippen LogP contribution in [-0.2, 0) is 6.18 Å². The number of benzene rings is 1. The zero-order valence-electron chi connectivity index (χ0n) is 16.1. The first-order valence-corrected chi connectivity index (χ1v) is 9.32. The average Bonchev–Trinajstić information content (AvgIpc) is 3.51. The van der Waals surface area contributed by atoms with Crippen LogP contribution in [0.5, 0.6) is 0 Å². The van der Waals surface area contributed by atoms with E-state index in [1.807, 2.05) is 18.2 Å². The number of aromatic nitrogens is 5. The van der Waals surface area contributed by atoms with E-state index in [-0.39, 0.29) is 11.4 Å². The Kier molecular flexibility index (Phi) is 4.51. The number of fused-ring (bicyclic) bond motifs is 1. The predicted molar refractivity (Wildman–Crippen MR) is 108 cm³/mol. The molecule has 0 saturated carbocycles. The normalized spacial score (nSPS) is 11.7. The topological polar surface area (TPSA) is 102 Å². The number of carbonyl (C=O) groups is 1. The third kappa shape index (κ3) is 3.49. The molecule has 1 amide bonds. The van der Waals surface area contributed by atoms with Gasteiger partial charge in [-0.25, -0.2) is 9.67 Å². The maximum absolute atomic E-state index is 13.2. The molecular weight excluding hydrogens is 425 g/mol. The molecule has 0 saturated heterocycles. The number of amides is 1. The Bertz CT molecular complexity index is 1400. The number of para-hydroxylation sites is 1. The summed E-state index contributed by atoms with van der Waals surface area (Å²) in [5.41, 5.74) is 0.260. The van der Waals surface area contributed by atoms with Crippen molar-refractivity contribution in [2.45, 2.75) is 6.18 Å². The van der Waals surface area contributed by atoms with Gasteiger partial charge < -0.3 is 9.73 Å². The predicted octanol–water partition coefficient (Wildman–Crippen LogP) is 4.67. The molecule has 5 aromatic rings. The first-order chi connectivity index (χ1) is 15.4. The van der Waals surface area contributed by atoms with Crippen molar-refractivity contribution in [3.8, 4) is 17.3 Å². The summed E-state index contributed by atoms with van der Waals surface area (Å²) in [7, 11) is 0. The molecule has 5 rings (SSSR count). The number of carbonyl (C=O) groups excluding carboxylic acids is 1. The van der Waals surface area contributed by atoms with Crippen LogP contribution in [0.3, 0.4) is 0 Å². The standard InChI is InChI=1S/C21H13F3N6O2/c22-21(23,24)14-5-3-8-25-19(14)30-9-7-17(29-30)27-20(31)13-11-26-28-18(13)16-10-12-4-1-2-6-15(12)32-16/h1-11H,(H,26,28)(H,27,29,31). The quantitative estimate of drug-likeness (QED) is 0.425. The van der Waals surface area contributed by atoms with Gasteiger partial charge >= 0.3 is 6.18 Å². The second-order valence-electron chi connectivity index (χ2n) is 6.78. The number of H-pyrrole nitrogens is 1. The first kappa shape index (κ1) is 19.5. The average molecular weight is 438 g/mol. The van der Waals surface area contributed by atoms with Crippen LogP contribution in [-0.4, -0.2) is 30.9 Å². The lowest BCUT2D eigenvalue weighted by atomic mass is 10.2. The number of alkyl halides is 3. The lowest BCUT2D eigenvalue weighted by Gasteiger charge is -2.11. The number of aromatic amines is 1. The van der Waals surface area contributed by atoms with E-state index in [1.165, 1.54) is 30.7 Å². The van der Waals surface area contributed by atoms with Crippen LogP contribution in [0.25, 0.3) is 28.2 Å². The Hall–Kier alpha value is -4.41. The Morgan fingerprint density at radius 1 is 1.12 bits per heavy atom. The van der Waals surface area contributed by atoms with Crippen LogP contribution in [0.4, 0.5) is 19.0 Å². The van der Waals surface area contributed by atoms with Crippen molar-refractivity contribution in [1.29, 1.82) is 0 Å². The second-order valence-corrected chi connectivity index (χ2v) is 6.78. The fourth-order valence-corrected chi connectivity index (χ4v) is 3.24. The summed E-state index contributed by atoms with van der Waals surface area (Å²) in [6, 6.07) is 12.6. The van der Waals surface area contributed by atoms with Gasteiger partial charge in [-0.05, 0) is 24.3 Å². The van der Waals surface area contributed by atoms with E-state index in [1.54, 1.807) is 12.1 Å². The molecule has 0 fully saturated rings. The molecule has 8 nitrogen and oxygen atoms in total. The zero-order valence-corrected chi connectivity index (χ0v) is 16.1. The van der Waals surface area contributed by atoms with Crippen LogP contribution in [0.2, 0.25) is 0 Å². The Morgan fingerprint density at radius 2 is 1.97 bits per heavy atom. The highest BCUT2D eigenvalue weighted by Gasteiger charge is 2.35. The molecule has 0 spiro atoms. The molecule has 160 valence electrons. The summed E-state index contributed by atoms with van der Waals surface area (Å²) in [5, 5.41) is 14.1. The summed E-state index contributed by atoms with van der Waals surface area (Å²) in [4.78, 5) is 16.6. The molecule has 0 aliphatic rings. The van der Waals surface area contributed by atoms with Gasteiger partial charge in [0.25, 0.3) is 5.91 Å². The third-order valence-electron chi connectivity index (χ3n) is 4.70. The largest absolute Gasteiger partial charge is 0.454 e.